The zero-order valence-corrected chi connectivity index (χ0v) is 9.30. The van der Waals surface area contributed by atoms with E-state index in [0.717, 1.165) is 5.69 Å². The molecule has 0 fully saturated rings. The first-order valence-corrected chi connectivity index (χ1v) is 5.15. The van der Waals surface area contributed by atoms with Crippen LogP contribution in [0.25, 0.3) is 0 Å². The largest absolute Gasteiger partial charge is 0.390 e. The molecule has 0 aliphatic heterocycles. The minimum atomic E-state index is -4.17. The Bertz CT molecular complexity index is 319. The highest BCUT2D eigenvalue weighted by Crippen LogP contribution is 2.29. The molecule has 1 aromatic rings. The molecule has 0 saturated carbocycles. The normalized spacial score (nSPS) is 13.8. The summed E-state index contributed by atoms with van der Waals surface area (Å²) in [5, 5.41) is 2.81. The van der Waals surface area contributed by atoms with Crippen molar-refractivity contribution < 1.29 is 13.2 Å². The van der Waals surface area contributed by atoms with Crippen LogP contribution in [-0.2, 0) is 0 Å². The van der Waals surface area contributed by atoms with Gasteiger partial charge < -0.3 is 5.32 Å². The minimum absolute atomic E-state index is 0.495. The Balaban J connectivity index is 2.80. The smallest absolute Gasteiger partial charge is 0.310 e. The Morgan fingerprint density at radius 1 is 1.38 bits per heavy atom. The zero-order valence-electron chi connectivity index (χ0n) is 9.30. The predicted octanol–water partition coefficient (Wildman–Crippen LogP) is 2.99. The maximum atomic E-state index is 12.3. The molecule has 0 spiro atoms. The fourth-order valence-electron chi connectivity index (χ4n) is 1.47. The molecular formula is C11H15F3N2. The van der Waals surface area contributed by atoms with Gasteiger partial charge in [-0.05, 0) is 25.1 Å². The Kier molecular flexibility index (Phi) is 4.29. The van der Waals surface area contributed by atoms with Crippen molar-refractivity contribution in [2.45, 2.75) is 32.5 Å². The van der Waals surface area contributed by atoms with Gasteiger partial charge >= 0.3 is 6.18 Å². The number of halogens is 3. The topological polar surface area (TPSA) is 24.9 Å². The molecule has 1 aromatic heterocycles. The summed E-state index contributed by atoms with van der Waals surface area (Å²) >= 11 is 0. The number of nitrogens with zero attached hydrogens (tertiary/aromatic N) is 1. The summed E-state index contributed by atoms with van der Waals surface area (Å²) < 4.78 is 37.0. The number of alkyl halides is 3. The van der Waals surface area contributed by atoms with Crippen LogP contribution in [0.1, 0.15) is 30.6 Å². The van der Waals surface area contributed by atoms with Gasteiger partial charge in [-0.1, -0.05) is 13.0 Å². The van der Waals surface area contributed by atoms with Gasteiger partial charge in [0.05, 0.1) is 6.42 Å². The van der Waals surface area contributed by atoms with Gasteiger partial charge in [0.2, 0.25) is 0 Å². The summed E-state index contributed by atoms with van der Waals surface area (Å²) in [5.74, 6) is 0. The average molecular weight is 232 g/mol. The van der Waals surface area contributed by atoms with Gasteiger partial charge in [-0.25, -0.2) is 0 Å². The van der Waals surface area contributed by atoms with E-state index in [1.54, 1.807) is 26.0 Å². The summed E-state index contributed by atoms with van der Waals surface area (Å²) in [6.45, 7) is 4.08. The number of hydrogen-bond donors (Lipinski definition) is 1. The monoisotopic (exact) mass is 232 g/mol. The van der Waals surface area contributed by atoms with Crippen LogP contribution in [0.4, 0.5) is 13.2 Å². The second-order valence-corrected chi connectivity index (χ2v) is 3.66. The molecule has 1 unspecified atom stereocenters. The molecule has 0 amide bonds. The van der Waals surface area contributed by atoms with Crippen LogP contribution in [0.15, 0.2) is 18.3 Å². The van der Waals surface area contributed by atoms with Crippen molar-refractivity contribution in [2.75, 3.05) is 6.54 Å². The molecule has 1 atom stereocenters. The van der Waals surface area contributed by atoms with E-state index in [0.29, 0.717) is 12.1 Å². The lowest BCUT2D eigenvalue weighted by molar-refractivity contribution is -0.140. The number of hydrogen-bond acceptors (Lipinski definition) is 2. The van der Waals surface area contributed by atoms with Crippen molar-refractivity contribution in [1.29, 1.82) is 0 Å². The molecule has 0 aliphatic carbocycles. The highest BCUT2D eigenvalue weighted by Gasteiger charge is 2.32. The second-order valence-electron chi connectivity index (χ2n) is 3.66. The third-order valence-corrected chi connectivity index (χ3v) is 2.22. The zero-order chi connectivity index (χ0) is 12.2. The van der Waals surface area contributed by atoms with Crippen molar-refractivity contribution in [3.8, 4) is 0 Å². The van der Waals surface area contributed by atoms with E-state index in [9.17, 15) is 13.2 Å². The Labute approximate surface area is 92.9 Å². The van der Waals surface area contributed by atoms with Crippen molar-refractivity contribution >= 4 is 0 Å². The predicted molar refractivity (Wildman–Crippen MR) is 56.1 cm³/mol. The second kappa shape index (κ2) is 5.30. The van der Waals surface area contributed by atoms with Crippen molar-refractivity contribution in [3.63, 3.8) is 0 Å². The van der Waals surface area contributed by atoms with E-state index in [1.165, 1.54) is 6.20 Å². The summed E-state index contributed by atoms with van der Waals surface area (Å²) in [6.07, 6.45) is -3.54. The molecule has 0 radical (unpaired) electrons. The summed E-state index contributed by atoms with van der Waals surface area (Å²) in [5.41, 5.74) is 1.37. The first-order chi connectivity index (χ1) is 7.42. The third kappa shape index (κ3) is 4.18. The molecule has 0 aromatic carbocycles. The fourth-order valence-corrected chi connectivity index (χ4v) is 1.47. The van der Waals surface area contributed by atoms with Gasteiger partial charge in [0.1, 0.15) is 0 Å². The Hall–Kier alpha value is -1.10. The lowest BCUT2D eigenvalue weighted by Crippen LogP contribution is -2.26. The molecule has 16 heavy (non-hydrogen) atoms. The number of pyridine rings is 1. The lowest BCUT2D eigenvalue weighted by Gasteiger charge is -2.19. The van der Waals surface area contributed by atoms with Crippen molar-refractivity contribution in [3.05, 3.63) is 29.6 Å². The lowest BCUT2D eigenvalue weighted by atomic mass is 10.1. The molecule has 1 N–H and O–H groups in total. The van der Waals surface area contributed by atoms with Gasteiger partial charge in [-0.15, -0.1) is 0 Å². The van der Waals surface area contributed by atoms with E-state index in [-0.39, 0.29) is 0 Å². The Morgan fingerprint density at radius 2 is 2.06 bits per heavy atom. The quantitative estimate of drug-likeness (QED) is 0.863. The van der Waals surface area contributed by atoms with E-state index >= 15 is 0 Å². The number of aromatic nitrogens is 1. The number of rotatable bonds is 4. The van der Waals surface area contributed by atoms with Crippen LogP contribution < -0.4 is 5.32 Å². The molecule has 0 aliphatic rings. The Morgan fingerprint density at radius 3 is 2.50 bits per heavy atom. The standard InChI is InChI=1S/C11H15F3N2/c1-3-15-10(6-11(12,13)14)9-5-4-8(2)16-7-9/h4-5,7,10,15H,3,6H2,1-2H3. The van der Waals surface area contributed by atoms with Gasteiger partial charge in [-0.2, -0.15) is 13.2 Å². The van der Waals surface area contributed by atoms with E-state index in [4.69, 9.17) is 0 Å². The molecule has 2 nitrogen and oxygen atoms in total. The molecule has 0 bridgehead atoms. The van der Waals surface area contributed by atoms with Gasteiger partial charge in [-0.3, -0.25) is 4.98 Å². The maximum Gasteiger partial charge on any atom is 0.390 e. The molecule has 1 heterocycles. The minimum Gasteiger partial charge on any atom is -0.310 e. The van der Waals surface area contributed by atoms with Crippen LogP contribution >= 0.6 is 0 Å². The van der Waals surface area contributed by atoms with Gasteiger partial charge in [0.15, 0.2) is 0 Å². The highest BCUT2D eigenvalue weighted by atomic mass is 19.4. The summed E-state index contributed by atoms with van der Waals surface area (Å²) in [4.78, 5) is 4.00. The highest BCUT2D eigenvalue weighted by molar-refractivity contribution is 5.17. The van der Waals surface area contributed by atoms with E-state index in [2.05, 4.69) is 10.3 Å². The average Bonchev–Trinajstić information content (AvgIpc) is 2.16. The van der Waals surface area contributed by atoms with Crippen LogP contribution in [-0.4, -0.2) is 17.7 Å². The van der Waals surface area contributed by atoms with Crippen LogP contribution in [0.3, 0.4) is 0 Å². The summed E-state index contributed by atoms with van der Waals surface area (Å²) in [6, 6.07) is 2.69. The van der Waals surface area contributed by atoms with Gasteiger partial charge in [0.25, 0.3) is 0 Å². The molecule has 0 saturated heterocycles. The van der Waals surface area contributed by atoms with Crippen molar-refractivity contribution in [2.24, 2.45) is 0 Å². The molecular weight excluding hydrogens is 217 g/mol. The number of nitrogens with one attached hydrogen (secondary N) is 1. The van der Waals surface area contributed by atoms with Crippen molar-refractivity contribution in [1.82, 2.24) is 10.3 Å². The van der Waals surface area contributed by atoms with E-state index in [1.807, 2.05) is 0 Å². The van der Waals surface area contributed by atoms with Crippen LogP contribution in [0.2, 0.25) is 0 Å². The van der Waals surface area contributed by atoms with E-state index < -0.39 is 18.6 Å². The van der Waals surface area contributed by atoms with Gasteiger partial charge in [0, 0.05) is 17.9 Å². The summed E-state index contributed by atoms with van der Waals surface area (Å²) in [7, 11) is 0. The fraction of sp³-hybridized carbons (Fsp3) is 0.545. The molecule has 1 rings (SSSR count). The van der Waals surface area contributed by atoms with Crippen LogP contribution in [0.5, 0.6) is 0 Å². The molecule has 90 valence electrons. The molecule has 5 heteroatoms. The van der Waals surface area contributed by atoms with Crippen LogP contribution in [0, 0.1) is 6.92 Å². The first-order valence-electron chi connectivity index (χ1n) is 5.15. The number of aryl methyl sites for hydroxylation is 1. The SMILES string of the molecule is CCNC(CC(F)(F)F)c1ccc(C)nc1. The first kappa shape index (κ1) is 13.0. The maximum absolute atomic E-state index is 12.3. The third-order valence-electron chi connectivity index (χ3n) is 2.22.